The molecule has 0 unspecified atom stereocenters. The molecule has 4 heteroatoms. The average Bonchev–Trinajstić information content (AvgIpc) is 3.76. The highest BCUT2D eigenvalue weighted by Crippen LogP contribution is 2.42. The maximum absolute atomic E-state index is 5.40. The van der Waals surface area contributed by atoms with Gasteiger partial charge in [0.05, 0.1) is 22.6 Å². The van der Waals surface area contributed by atoms with Crippen LogP contribution in [0.1, 0.15) is 0 Å². The molecular formula is C57H38N4. The third kappa shape index (κ3) is 6.86. The number of hydrogen-bond donors (Lipinski definition) is 0. The molecule has 0 fully saturated rings. The highest BCUT2D eigenvalue weighted by Gasteiger charge is 2.22. The molecule has 0 aliphatic carbocycles. The molecule has 286 valence electrons. The van der Waals surface area contributed by atoms with Crippen LogP contribution in [0.15, 0.2) is 231 Å². The maximum atomic E-state index is 5.40. The first-order valence-corrected chi connectivity index (χ1v) is 20.6. The molecule has 61 heavy (non-hydrogen) atoms. The van der Waals surface area contributed by atoms with Gasteiger partial charge in [-0.1, -0.05) is 212 Å². The molecule has 0 aliphatic heterocycles. The Morgan fingerprint density at radius 3 is 1.30 bits per heavy atom. The largest absolute Gasteiger partial charge is 0.231 e. The minimum absolute atomic E-state index is 0.712. The average molecular weight is 779 g/mol. The van der Waals surface area contributed by atoms with Gasteiger partial charge in [-0.2, -0.15) is 5.10 Å². The van der Waals surface area contributed by atoms with E-state index in [-0.39, 0.29) is 0 Å². The summed E-state index contributed by atoms with van der Waals surface area (Å²) in [5.41, 5.74) is 17.1. The second-order valence-corrected chi connectivity index (χ2v) is 15.3. The van der Waals surface area contributed by atoms with Crippen LogP contribution in [0.25, 0.3) is 106 Å². The summed E-state index contributed by atoms with van der Waals surface area (Å²) >= 11 is 0. The first-order chi connectivity index (χ1) is 30.2. The van der Waals surface area contributed by atoms with Crippen molar-refractivity contribution in [2.75, 3.05) is 0 Å². The number of pyridine rings is 1. The Labute approximate surface area is 354 Å². The third-order valence-electron chi connectivity index (χ3n) is 11.5. The van der Waals surface area contributed by atoms with Gasteiger partial charge in [-0.15, -0.1) is 0 Å². The Morgan fingerprint density at radius 1 is 0.311 bits per heavy atom. The van der Waals surface area contributed by atoms with Crippen LogP contribution in [0, 0.1) is 0 Å². The fourth-order valence-electron chi connectivity index (χ4n) is 8.36. The van der Waals surface area contributed by atoms with Gasteiger partial charge in [0.25, 0.3) is 0 Å². The Balaban J connectivity index is 0.978. The van der Waals surface area contributed by atoms with Crippen LogP contribution < -0.4 is 0 Å². The lowest BCUT2D eigenvalue weighted by molar-refractivity contribution is 0.979. The number of rotatable bonds is 8. The number of hydrogen-bond acceptors (Lipinski definition) is 3. The van der Waals surface area contributed by atoms with Crippen molar-refractivity contribution in [3.05, 3.63) is 231 Å². The molecule has 3 aromatic heterocycles. The summed E-state index contributed by atoms with van der Waals surface area (Å²) in [5, 5.41) is 7.72. The molecule has 8 aromatic carbocycles. The predicted molar refractivity (Wildman–Crippen MR) is 252 cm³/mol. The summed E-state index contributed by atoms with van der Waals surface area (Å²) in [4.78, 5) is 9.99. The normalized spacial score (nSPS) is 11.3. The van der Waals surface area contributed by atoms with Gasteiger partial charge in [-0.25, -0.2) is 14.5 Å². The number of nitrogens with zero attached hydrogens (tertiary/aromatic N) is 4. The molecule has 0 aliphatic rings. The first kappa shape index (κ1) is 35.9. The van der Waals surface area contributed by atoms with Gasteiger partial charge >= 0.3 is 0 Å². The lowest BCUT2D eigenvalue weighted by Crippen LogP contribution is -1.96. The van der Waals surface area contributed by atoms with E-state index in [4.69, 9.17) is 15.1 Å². The number of aromatic nitrogens is 4. The summed E-state index contributed by atoms with van der Waals surface area (Å²) in [6.45, 7) is 0. The van der Waals surface area contributed by atoms with E-state index in [1.54, 1.807) is 0 Å². The van der Waals surface area contributed by atoms with Gasteiger partial charge in [0.1, 0.15) is 5.69 Å². The van der Waals surface area contributed by atoms with Crippen molar-refractivity contribution in [3.8, 4) is 89.8 Å². The lowest BCUT2D eigenvalue weighted by atomic mass is 9.94. The van der Waals surface area contributed by atoms with E-state index < -0.39 is 0 Å². The van der Waals surface area contributed by atoms with Crippen LogP contribution in [0.2, 0.25) is 0 Å². The van der Waals surface area contributed by atoms with Crippen LogP contribution in [0.3, 0.4) is 0 Å². The quantitative estimate of drug-likeness (QED) is 0.154. The van der Waals surface area contributed by atoms with Crippen molar-refractivity contribution >= 4 is 16.3 Å². The Morgan fingerprint density at radius 2 is 0.738 bits per heavy atom. The lowest BCUT2D eigenvalue weighted by Gasteiger charge is -2.13. The molecule has 4 nitrogen and oxygen atoms in total. The molecule has 0 spiro atoms. The highest BCUT2D eigenvalue weighted by atomic mass is 15.2. The zero-order valence-corrected chi connectivity index (χ0v) is 33.2. The molecule has 0 saturated heterocycles. The smallest absolute Gasteiger partial charge is 0.160 e. The SMILES string of the molecule is c1ccc(-c2cc(-c3ccc(-c4ccc(-c5ccc6cc(-c7ccccc7)n7nc(-c8ccccc8)c(-c8ccccc8)c7c6c5)cc4)cc3)nc(-c3ccccc3)n2)cc1. The van der Waals surface area contributed by atoms with Crippen LogP contribution in [0.4, 0.5) is 0 Å². The van der Waals surface area contributed by atoms with Gasteiger partial charge in [0.15, 0.2) is 5.82 Å². The fourth-order valence-corrected chi connectivity index (χ4v) is 8.36. The van der Waals surface area contributed by atoms with E-state index in [0.29, 0.717) is 5.82 Å². The van der Waals surface area contributed by atoms with Crippen molar-refractivity contribution in [3.63, 3.8) is 0 Å². The zero-order chi connectivity index (χ0) is 40.5. The molecule has 0 atom stereocenters. The van der Waals surface area contributed by atoms with Crippen LogP contribution in [-0.4, -0.2) is 19.6 Å². The predicted octanol–water partition coefficient (Wildman–Crippen LogP) is 14.6. The molecule has 11 rings (SSSR count). The number of fused-ring (bicyclic) bond motifs is 3. The Hall–Kier alpha value is -8.21. The van der Waals surface area contributed by atoms with E-state index >= 15 is 0 Å². The van der Waals surface area contributed by atoms with E-state index in [1.807, 2.05) is 36.4 Å². The minimum atomic E-state index is 0.712. The van der Waals surface area contributed by atoms with E-state index in [9.17, 15) is 0 Å². The first-order valence-electron chi connectivity index (χ1n) is 20.6. The molecule has 3 heterocycles. The van der Waals surface area contributed by atoms with Crippen LogP contribution in [-0.2, 0) is 0 Å². The third-order valence-corrected chi connectivity index (χ3v) is 11.5. The highest BCUT2D eigenvalue weighted by molar-refractivity contribution is 6.09. The van der Waals surface area contributed by atoms with Gasteiger partial charge in [0.2, 0.25) is 0 Å². The van der Waals surface area contributed by atoms with Crippen molar-refractivity contribution in [1.82, 2.24) is 19.6 Å². The summed E-state index contributed by atoms with van der Waals surface area (Å²) in [6, 6.07) is 81.0. The molecule has 0 bridgehead atoms. The summed E-state index contributed by atoms with van der Waals surface area (Å²) in [6.07, 6.45) is 0. The molecule has 0 amide bonds. The second-order valence-electron chi connectivity index (χ2n) is 15.3. The van der Waals surface area contributed by atoms with Crippen molar-refractivity contribution in [2.45, 2.75) is 0 Å². The zero-order valence-electron chi connectivity index (χ0n) is 33.2. The monoisotopic (exact) mass is 778 g/mol. The standard InChI is InChI=1S/C57H38N4/c1-6-16-42(17-7-1)51-38-52(59-57(58-51)47-24-14-5-15-25-47)43-32-30-40(31-33-43)39-26-28-41(29-27-39)48-34-35-49-37-53(44-18-8-2-9-19-44)61-56(50(49)36-48)54(45-20-10-3-11-21-45)55(60-61)46-22-12-4-13-23-46/h1-38H. The van der Waals surface area contributed by atoms with E-state index in [0.717, 1.165) is 94.9 Å². The van der Waals surface area contributed by atoms with Crippen molar-refractivity contribution in [2.24, 2.45) is 0 Å². The molecule has 0 radical (unpaired) electrons. The Bertz CT molecular complexity index is 3230. The van der Waals surface area contributed by atoms with Gasteiger partial charge < -0.3 is 0 Å². The summed E-state index contributed by atoms with van der Waals surface area (Å²) in [5.74, 6) is 0.712. The van der Waals surface area contributed by atoms with E-state index in [1.165, 1.54) is 5.39 Å². The minimum Gasteiger partial charge on any atom is -0.231 e. The molecule has 0 saturated carbocycles. The van der Waals surface area contributed by atoms with Gasteiger partial charge in [-0.3, -0.25) is 0 Å². The summed E-state index contributed by atoms with van der Waals surface area (Å²) in [7, 11) is 0. The van der Waals surface area contributed by atoms with Gasteiger partial charge in [-0.05, 0) is 51.4 Å². The summed E-state index contributed by atoms with van der Waals surface area (Å²) < 4.78 is 2.16. The fraction of sp³-hybridized carbons (Fsp3) is 0. The molecular weight excluding hydrogens is 741 g/mol. The van der Waals surface area contributed by atoms with Crippen molar-refractivity contribution in [1.29, 1.82) is 0 Å². The van der Waals surface area contributed by atoms with E-state index in [2.05, 4.69) is 199 Å². The Kier molecular flexibility index (Phi) is 9.14. The van der Waals surface area contributed by atoms with Crippen LogP contribution >= 0.6 is 0 Å². The second kappa shape index (κ2) is 15.5. The van der Waals surface area contributed by atoms with Crippen molar-refractivity contribution < 1.29 is 0 Å². The molecule has 11 aromatic rings. The number of benzene rings is 8. The van der Waals surface area contributed by atoms with Gasteiger partial charge in [0, 0.05) is 38.8 Å². The molecule has 0 N–H and O–H groups in total. The van der Waals surface area contributed by atoms with Crippen LogP contribution in [0.5, 0.6) is 0 Å². The topological polar surface area (TPSA) is 43.1 Å². The maximum Gasteiger partial charge on any atom is 0.160 e.